The van der Waals surface area contributed by atoms with Gasteiger partial charge >= 0.3 is 5.97 Å². The average Bonchev–Trinajstić information content (AvgIpc) is 3.41. The molecule has 9 heteroatoms. The summed E-state index contributed by atoms with van der Waals surface area (Å²) in [5.74, 6) is -0.946. The average molecular weight is 469 g/mol. The van der Waals surface area contributed by atoms with E-state index in [4.69, 9.17) is 16.3 Å². The Kier molecular flexibility index (Phi) is 6.53. The molecule has 0 saturated heterocycles. The lowest BCUT2D eigenvalue weighted by Gasteiger charge is -2.09. The summed E-state index contributed by atoms with van der Waals surface area (Å²) in [6, 6.07) is 13.0. The summed E-state index contributed by atoms with van der Waals surface area (Å²) in [5.41, 5.74) is 3.33. The molecule has 0 saturated carbocycles. The van der Waals surface area contributed by atoms with Crippen molar-refractivity contribution in [2.45, 2.75) is 13.3 Å². The quantitative estimate of drug-likeness (QED) is 0.411. The number of hydrogen-bond donors (Lipinski definition) is 1. The molecule has 0 aliphatic heterocycles. The first-order chi connectivity index (χ1) is 15.4. The van der Waals surface area contributed by atoms with Crippen molar-refractivity contribution < 1.29 is 14.3 Å². The van der Waals surface area contributed by atoms with Gasteiger partial charge in [0.1, 0.15) is 0 Å². The number of carbonyl (C=O) groups is 2. The van der Waals surface area contributed by atoms with Crippen LogP contribution in [0.1, 0.15) is 21.6 Å². The van der Waals surface area contributed by atoms with Crippen LogP contribution in [0, 0.1) is 6.92 Å². The van der Waals surface area contributed by atoms with Gasteiger partial charge < -0.3 is 10.1 Å². The van der Waals surface area contributed by atoms with Gasteiger partial charge in [-0.15, -0.1) is 11.3 Å². The van der Waals surface area contributed by atoms with Gasteiger partial charge in [0.25, 0.3) is 5.91 Å². The fraction of sp³-hybridized carbons (Fsp3) is 0.217. The maximum Gasteiger partial charge on any atom is 0.339 e. The van der Waals surface area contributed by atoms with Crippen LogP contribution in [0.2, 0.25) is 5.02 Å². The number of esters is 1. The van der Waals surface area contributed by atoms with Crippen LogP contribution >= 0.6 is 22.9 Å². The van der Waals surface area contributed by atoms with Crippen molar-refractivity contribution in [2.75, 3.05) is 13.2 Å². The number of rotatable bonds is 7. The summed E-state index contributed by atoms with van der Waals surface area (Å²) in [7, 11) is 1.78. The highest BCUT2D eigenvalue weighted by Crippen LogP contribution is 2.29. The third-order valence-electron chi connectivity index (χ3n) is 4.95. The number of nitrogens with zero attached hydrogens (tertiary/aromatic N) is 3. The van der Waals surface area contributed by atoms with Gasteiger partial charge in [-0.25, -0.2) is 9.78 Å². The van der Waals surface area contributed by atoms with E-state index in [1.807, 2.05) is 36.6 Å². The van der Waals surface area contributed by atoms with Gasteiger partial charge in [0, 0.05) is 18.6 Å². The lowest BCUT2D eigenvalue weighted by atomic mass is 10.1. The van der Waals surface area contributed by atoms with Gasteiger partial charge in [0.05, 0.1) is 27.2 Å². The van der Waals surface area contributed by atoms with Gasteiger partial charge in [0.2, 0.25) is 0 Å². The molecule has 1 aromatic carbocycles. The number of halogens is 1. The van der Waals surface area contributed by atoms with Gasteiger partial charge in [-0.05, 0) is 48.6 Å². The second-order valence-corrected chi connectivity index (χ2v) is 8.63. The van der Waals surface area contributed by atoms with E-state index in [9.17, 15) is 9.59 Å². The Morgan fingerprint density at radius 2 is 2.00 bits per heavy atom. The smallest absolute Gasteiger partial charge is 0.339 e. The maximum absolute atomic E-state index is 12.9. The topological polar surface area (TPSA) is 86.1 Å². The van der Waals surface area contributed by atoms with Crippen LogP contribution < -0.4 is 5.32 Å². The molecule has 7 nitrogen and oxygen atoms in total. The molecule has 1 N–H and O–H groups in total. The number of aryl methyl sites for hydroxylation is 2. The monoisotopic (exact) mass is 468 g/mol. The Morgan fingerprint density at radius 3 is 2.72 bits per heavy atom. The fourth-order valence-corrected chi connectivity index (χ4v) is 4.23. The van der Waals surface area contributed by atoms with Crippen molar-refractivity contribution >= 4 is 45.8 Å². The Bertz CT molecular complexity index is 1270. The van der Waals surface area contributed by atoms with Crippen molar-refractivity contribution in [3.05, 3.63) is 69.7 Å². The summed E-state index contributed by atoms with van der Waals surface area (Å²) in [5, 5.41) is 10.4. The number of pyridine rings is 1. The first-order valence-corrected chi connectivity index (χ1v) is 11.2. The summed E-state index contributed by atoms with van der Waals surface area (Å²) < 4.78 is 6.96. The van der Waals surface area contributed by atoms with E-state index in [0.29, 0.717) is 46.0 Å². The minimum Gasteiger partial charge on any atom is -0.452 e. The van der Waals surface area contributed by atoms with Crippen LogP contribution in [-0.4, -0.2) is 39.8 Å². The second kappa shape index (κ2) is 9.50. The van der Waals surface area contributed by atoms with Crippen molar-refractivity contribution in [3.63, 3.8) is 0 Å². The van der Waals surface area contributed by atoms with Crippen molar-refractivity contribution in [2.24, 2.45) is 7.05 Å². The van der Waals surface area contributed by atoms with E-state index in [1.165, 1.54) is 11.3 Å². The number of thiophene rings is 1. The normalized spacial score (nSPS) is 11.0. The van der Waals surface area contributed by atoms with E-state index < -0.39 is 5.97 Å². The van der Waals surface area contributed by atoms with E-state index in [-0.39, 0.29) is 12.5 Å². The molecule has 4 aromatic rings. The number of aromatic nitrogens is 3. The third-order valence-corrected chi connectivity index (χ3v) is 6.09. The molecule has 0 spiro atoms. The van der Waals surface area contributed by atoms with E-state index in [1.54, 1.807) is 29.9 Å². The molecule has 0 aliphatic rings. The van der Waals surface area contributed by atoms with Crippen LogP contribution in [0.25, 0.3) is 21.6 Å². The van der Waals surface area contributed by atoms with Gasteiger partial charge in [-0.1, -0.05) is 29.8 Å². The molecule has 0 unspecified atom stereocenters. The van der Waals surface area contributed by atoms with Gasteiger partial charge in [-0.3, -0.25) is 9.48 Å². The number of fused-ring (bicyclic) bond motifs is 1. The van der Waals surface area contributed by atoms with Crippen molar-refractivity contribution in [1.82, 2.24) is 20.1 Å². The Hall–Kier alpha value is -3.23. The molecule has 0 radical (unpaired) electrons. The predicted molar refractivity (Wildman–Crippen MR) is 125 cm³/mol. The van der Waals surface area contributed by atoms with Crippen LogP contribution in [0.15, 0.2) is 47.8 Å². The summed E-state index contributed by atoms with van der Waals surface area (Å²) in [6.45, 7) is 1.88. The van der Waals surface area contributed by atoms with E-state index in [0.717, 1.165) is 10.4 Å². The molecule has 0 bridgehead atoms. The highest BCUT2D eigenvalue weighted by molar-refractivity contribution is 7.13. The van der Waals surface area contributed by atoms with Crippen LogP contribution in [0.5, 0.6) is 0 Å². The zero-order valence-electron chi connectivity index (χ0n) is 17.6. The fourth-order valence-electron chi connectivity index (χ4n) is 3.41. The summed E-state index contributed by atoms with van der Waals surface area (Å²) >= 11 is 7.41. The van der Waals surface area contributed by atoms with Crippen LogP contribution in [-0.2, 0) is 23.0 Å². The highest BCUT2D eigenvalue weighted by atomic mass is 35.5. The predicted octanol–water partition coefficient (Wildman–Crippen LogP) is 4.17. The van der Waals surface area contributed by atoms with Crippen LogP contribution in [0.4, 0.5) is 0 Å². The first-order valence-electron chi connectivity index (χ1n) is 9.99. The van der Waals surface area contributed by atoms with Gasteiger partial charge in [-0.2, -0.15) is 5.10 Å². The standard InChI is InChI=1S/C23H21ClN4O3S/c1-14-21-17(12-18(19-4-3-11-32-19)26-22(21)28(2)27-14)23(30)31-13-20(29)25-10-9-15-5-7-16(24)8-6-15/h3-8,11-12H,9-10,13H2,1-2H3,(H,25,29). The molecule has 32 heavy (non-hydrogen) atoms. The molecule has 0 fully saturated rings. The Morgan fingerprint density at radius 1 is 1.22 bits per heavy atom. The molecular weight excluding hydrogens is 448 g/mol. The van der Waals surface area contributed by atoms with Crippen LogP contribution in [0.3, 0.4) is 0 Å². The molecule has 4 rings (SSSR count). The van der Waals surface area contributed by atoms with E-state index >= 15 is 0 Å². The second-order valence-electron chi connectivity index (χ2n) is 7.24. The first kappa shape index (κ1) is 22.0. The number of carbonyl (C=O) groups excluding carboxylic acids is 2. The summed E-state index contributed by atoms with van der Waals surface area (Å²) in [6.07, 6.45) is 0.654. The maximum atomic E-state index is 12.9. The zero-order chi connectivity index (χ0) is 22.7. The van der Waals surface area contributed by atoms with Crippen molar-refractivity contribution in [3.8, 4) is 10.6 Å². The SMILES string of the molecule is Cc1nn(C)c2nc(-c3cccs3)cc(C(=O)OCC(=O)NCCc3ccc(Cl)cc3)c12. The molecule has 164 valence electrons. The number of ether oxygens (including phenoxy) is 1. The largest absolute Gasteiger partial charge is 0.452 e. The minimum atomic E-state index is -0.584. The number of nitrogens with one attached hydrogen (secondary N) is 1. The molecule has 3 heterocycles. The third kappa shape index (κ3) is 4.81. The molecule has 0 aliphatic carbocycles. The number of hydrogen-bond acceptors (Lipinski definition) is 6. The molecule has 3 aromatic heterocycles. The van der Waals surface area contributed by atoms with E-state index in [2.05, 4.69) is 15.4 Å². The lowest BCUT2D eigenvalue weighted by Crippen LogP contribution is -2.30. The summed E-state index contributed by atoms with van der Waals surface area (Å²) in [4.78, 5) is 30.7. The Balaban J connectivity index is 1.44. The number of amides is 1. The highest BCUT2D eigenvalue weighted by Gasteiger charge is 2.21. The minimum absolute atomic E-state index is 0.345. The molecular formula is C23H21ClN4O3S. The lowest BCUT2D eigenvalue weighted by molar-refractivity contribution is -0.124. The Labute approximate surface area is 194 Å². The van der Waals surface area contributed by atoms with Gasteiger partial charge in [0.15, 0.2) is 12.3 Å². The van der Waals surface area contributed by atoms with Crippen molar-refractivity contribution in [1.29, 1.82) is 0 Å². The number of benzene rings is 1. The molecule has 0 atom stereocenters. The zero-order valence-corrected chi connectivity index (χ0v) is 19.2. The molecule has 1 amide bonds.